The van der Waals surface area contributed by atoms with Crippen LogP contribution in [0.4, 0.5) is 11.4 Å². The minimum absolute atomic E-state index is 0.236. The molecule has 0 spiro atoms. The van der Waals surface area contributed by atoms with Gasteiger partial charge in [-0.05, 0) is 52.0 Å². The van der Waals surface area contributed by atoms with Gasteiger partial charge >= 0.3 is 0 Å². The number of hydrogen-bond acceptors (Lipinski definition) is 3. The molecule has 0 heterocycles. The summed E-state index contributed by atoms with van der Waals surface area (Å²) in [5.74, 6) is -0.151. The zero-order valence-corrected chi connectivity index (χ0v) is 17.7. The molecule has 0 saturated heterocycles. The summed E-state index contributed by atoms with van der Waals surface area (Å²) in [6.45, 7) is 5.72. The lowest BCUT2D eigenvalue weighted by molar-refractivity contribution is -0.114. The maximum Gasteiger partial charge on any atom is 0.245 e. The van der Waals surface area contributed by atoms with E-state index in [1.807, 2.05) is 39.0 Å². The van der Waals surface area contributed by atoms with Crippen molar-refractivity contribution in [2.75, 3.05) is 22.4 Å². The highest BCUT2D eigenvalue weighted by molar-refractivity contribution is 9.10. The van der Waals surface area contributed by atoms with E-state index in [1.165, 1.54) is 0 Å². The summed E-state index contributed by atoms with van der Waals surface area (Å²) in [6.07, 6.45) is 1.09. The molecule has 5 nitrogen and oxygen atoms in total. The minimum Gasteiger partial charge on any atom is -0.324 e. The fourth-order valence-electron chi connectivity index (χ4n) is 2.69. The van der Waals surface area contributed by atoms with Crippen molar-refractivity contribution in [2.45, 2.75) is 26.7 Å². The third kappa shape index (κ3) is 4.86. The van der Waals surface area contributed by atoms with Crippen LogP contribution in [0.1, 0.15) is 30.9 Å². The van der Waals surface area contributed by atoms with Crippen molar-refractivity contribution in [2.24, 2.45) is 0 Å². The number of rotatable bonds is 6. The normalized spacial score (nSPS) is 11.5. The second kappa shape index (κ2) is 8.22. The summed E-state index contributed by atoms with van der Waals surface area (Å²) >= 11 is 3.35. The van der Waals surface area contributed by atoms with Crippen molar-refractivity contribution in [3.05, 3.63) is 58.1 Å². The Balaban J connectivity index is 2.32. The number of anilines is 2. The summed E-state index contributed by atoms with van der Waals surface area (Å²) in [4.78, 5) is 12.6. The number of para-hydroxylation sites is 2. The first-order valence-corrected chi connectivity index (χ1v) is 10.9. The van der Waals surface area contributed by atoms with E-state index in [0.29, 0.717) is 10.2 Å². The number of halogens is 1. The van der Waals surface area contributed by atoms with E-state index in [-0.39, 0.29) is 18.4 Å². The number of benzene rings is 2. The van der Waals surface area contributed by atoms with E-state index in [4.69, 9.17) is 0 Å². The van der Waals surface area contributed by atoms with Crippen molar-refractivity contribution in [3.63, 3.8) is 0 Å². The van der Waals surface area contributed by atoms with Crippen LogP contribution >= 0.6 is 15.9 Å². The Labute approximate surface area is 163 Å². The van der Waals surface area contributed by atoms with Crippen molar-refractivity contribution in [1.82, 2.24) is 0 Å². The predicted molar refractivity (Wildman–Crippen MR) is 110 cm³/mol. The van der Waals surface area contributed by atoms with Gasteiger partial charge in [0.1, 0.15) is 6.54 Å². The highest BCUT2D eigenvalue weighted by atomic mass is 79.9. The standard InChI is InChI=1S/C19H23BrN2O3S/c1-13(2)15-9-7-8-14(3)19(15)21-18(23)12-22(26(4,24)25)17-11-6-5-10-16(17)20/h5-11,13H,12H2,1-4H3,(H,21,23). The molecular formula is C19H23BrN2O3S. The molecule has 0 aromatic heterocycles. The van der Waals surface area contributed by atoms with Gasteiger partial charge < -0.3 is 5.32 Å². The molecule has 0 aliphatic carbocycles. The average Bonchev–Trinajstić information content (AvgIpc) is 2.54. The predicted octanol–water partition coefficient (Wildman–Crippen LogP) is 4.29. The number of aryl methyl sites for hydroxylation is 1. The molecule has 0 saturated carbocycles. The zero-order chi connectivity index (χ0) is 19.5. The van der Waals surface area contributed by atoms with Gasteiger partial charge in [0.15, 0.2) is 0 Å². The summed E-state index contributed by atoms with van der Waals surface area (Å²) in [7, 11) is -3.62. The molecule has 2 aromatic carbocycles. The third-order valence-electron chi connectivity index (χ3n) is 4.00. The Morgan fingerprint density at radius 3 is 2.38 bits per heavy atom. The fourth-order valence-corrected chi connectivity index (χ4v) is 4.17. The van der Waals surface area contributed by atoms with Gasteiger partial charge in [-0.2, -0.15) is 0 Å². The van der Waals surface area contributed by atoms with Gasteiger partial charge in [-0.25, -0.2) is 8.42 Å². The lowest BCUT2D eigenvalue weighted by atomic mass is 9.98. The molecule has 0 atom stereocenters. The van der Waals surface area contributed by atoms with E-state index in [1.54, 1.807) is 24.3 Å². The molecule has 0 unspecified atom stereocenters. The van der Waals surface area contributed by atoms with E-state index >= 15 is 0 Å². The Morgan fingerprint density at radius 1 is 1.15 bits per heavy atom. The Hall–Kier alpha value is -1.86. The lowest BCUT2D eigenvalue weighted by Gasteiger charge is -2.24. The van der Waals surface area contributed by atoms with Crippen LogP contribution in [-0.4, -0.2) is 27.1 Å². The second-order valence-corrected chi connectivity index (χ2v) is 9.22. The van der Waals surface area contributed by atoms with Crippen LogP contribution in [0.25, 0.3) is 0 Å². The number of carbonyl (C=O) groups is 1. The number of amides is 1. The monoisotopic (exact) mass is 438 g/mol. The summed E-state index contributed by atoms with van der Waals surface area (Å²) in [5.41, 5.74) is 3.13. The van der Waals surface area contributed by atoms with Gasteiger partial charge in [-0.3, -0.25) is 9.10 Å². The summed E-state index contributed by atoms with van der Waals surface area (Å²) in [5, 5.41) is 2.89. The number of carbonyl (C=O) groups excluding carboxylic acids is 1. The van der Waals surface area contributed by atoms with E-state index in [0.717, 1.165) is 27.4 Å². The molecule has 2 rings (SSSR count). The van der Waals surface area contributed by atoms with Crippen molar-refractivity contribution < 1.29 is 13.2 Å². The topological polar surface area (TPSA) is 66.5 Å². The molecular weight excluding hydrogens is 416 g/mol. The maximum atomic E-state index is 12.6. The first kappa shape index (κ1) is 20.5. The number of hydrogen-bond donors (Lipinski definition) is 1. The SMILES string of the molecule is Cc1cccc(C(C)C)c1NC(=O)CN(c1ccccc1Br)S(C)(=O)=O. The molecule has 7 heteroatoms. The summed E-state index contributed by atoms with van der Waals surface area (Å²) in [6, 6.07) is 12.8. The molecule has 0 aliphatic heterocycles. The van der Waals surface area contributed by atoms with Crippen LogP contribution in [-0.2, 0) is 14.8 Å². The third-order valence-corrected chi connectivity index (χ3v) is 5.80. The van der Waals surface area contributed by atoms with Crippen LogP contribution < -0.4 is 9.62 Å². The lowest BCUT2D eigenvalue weighted by Crippen LogP contribution is -2.37. The van der Waals surface area contributed by atoms with Crippen molar-refractivity contribution in [3.8, 4) is 0 Å². The molecule has 26 heavy (non-hydrogen) atoms. The van der Waals surface area contributed by atoms with Crippen molar-refractivity contribution in [1.29, 1.82) is 0 Å². The first-order chi connectivity index (χ1) is 12.1. The van der Waals surface area contributed by atoms with E-state index < -0.39 is 10.0 Å². The van der Waals surface area contributed by atoms with E-state index in [2.05, 4.69) is 21.2 Å². The van der Waals surface area contributed by atoms with Gasteiger partial charge in [-0.1, -0.05) is 44.2 Å². The zero-order valence-electron chi connectivity index (χ0n) is 15.3. The quantitative estimate of drug-likeness (QED) is 0.731. The highest BCUT2D eigenvalue weighted by Crippen LogP contribution is 2.29. The van der Waals surface area contributed by atoms with Gasteiger partial charge in [-0.15, -0.1) is 0 Å². The summed E-state index contributed by atoms with van der Waals surface area (Å²) < 4.78 is 26.2. The van der Waals surface area contributed by atoms with Gasteiger partial charge in [0.25, 0.3) is 0 Å². The van der Waals surface area contributed by atoms with Crippen LogP contribution in [0.3, 0.4) is 0 Å². The Morgan fingerprint density at radius 2 is 1.81 bits per heavy atom. The fraction of sp³-hybridized carbons (Fsp3) is 0.316. The largest absolute Gasteiger partial charge is 0.324 e. The average molecular weight is 439 g/mol. The van der Waals surface area contributed by atoms with Crippen LogP contribution in [0.15, 0.2) is 46.9 Å². The molecule has 1 N–H and O–H groups in total. The maximum absolute atomic E-state index is 12.6. The molecule has 0 radical (unpaired) electrons. The first-order valence-electron chi connectivity index (χ1n) is 8.23. The molecule has 0 fully saturated rings. The van der Waals surface area contributed by atoms with Gasteiger partial charge in [0, 0.05) is 10.2 Å². The van der Waals surface area contributed by atoms with E-state index in [9.17, 15) is 13.2 Å². The Kier molecular flexibility index (Phi) is 6.47. The van der Waals surface area contributed by atoms with Crippen LogP contribution in [0, 0.1) is 6.92 Å². The van der Waals surface area contributed by atoms with Gasteiger partial charge in [0.05, 0.1) is 11.9 Å². The Bertz CT molecular complexity index is 911. The molecule has 0 bridgehead atoms. The van der Waals surface area contributed by atoms with Crippen molar-refractivity contribution >= 4 is 43.2 Å². The van der Waals surface area contributed by atoms with Crippen LogP contribution in [0.5, 0.6) is 0 Å². The van der Waals surface area contributed by atoms with Gasteiger partial charge in [0.2, 0.25) is 15.9 Å². The molecule has 2 aromatic rings. The number of nitrogens with one attached hydrogen (secondary N) is 1. The number of sulfonamides is 1. The molecule has 140 valence electrons. The molecule has 0 aliphatic rings. The number of nitrogens with zero attached hydrogens (tertiary/aromatic N) is 1. The minimum atomic E-state index is -3.62. The second-order valence-electron chi connectivity index (χ2n) is 6.46. The smallest absolute Gasteiger partial charge is 0.245 e. The highest BCUT2D eigenvalue weighted by Gasteiger charge is 2.23. The molecule has 1 amide bonds. The van der Waals surface area contributed by atoms with Crippen LogP contribution in [0.2, 0.25) is 0 Å².